The second kappa shape index (κ2) is 4.59. The molecule has 0 aliphatic heterocycles. The molecule has 0 saturated carbocycles. The summed E-state index contributed by atoms with van der Waals surface area (Å²) in [6.45, 7) is 3.63. The highest BCUT2D eigenvalue weighted by Gasteiger charge is 2.18. The maximum absolute atomic E-state index is 13.8. The number of hydrogen-bond acceptors (Lipinski definition) is 2. The van der Waals surface area contributed by atoms with Gasteiger partial charge in [0, 0.05) is 7.05 Å². The standard InChI is InChI=1S/C14H14ClFN4/c1-8-4-5-10(6-11(8)16)20-12(7-15)17-13-9(2)18-19(3)14(13)20/h4-6H,7H2,1-3H3. The summed E-state index contributed by atoms with van der Waals surface area (Å²) >= 11 is 5.98. The van der Waals surface area contributed by atoms with Gasteiger partial charge in [-0.25, -0.2) is 14.1 Å². The Balaban J connectivity index is 2.36. The van der Waals surface area contributed by atoms with Crippen LogP contribution in [-0.4, -0.2) is 19.3 Å². The fourth-order valence-corrected chi connectivity index (χ4v) is 2.58. The number of alkyl halides is 1. The second-order valence-electron chi connectivity index (χ2n) is 4.81. The van der Waals surface area contributed by atoms with Crippen LogP contribution in [0.25, 0.3) is 16.9 Å². The van der Waals surface area contributed by atoms with Crippen LogP contribution >= 0.6 is 11.6 Å². The average Bonchev–Trinajstić information content (AvgIpc) is 2.92. The van der Waals surface area contributed by atoms with Crippen LogP contribution in [0.3, 0.4) is 0 Å². The van der Waals surface area contributed by atoms with Crippen molar-refractivity contribution in [2.24, 2.45) is 7.05 Å². The molecule has 104 valence electrons. The van der Waals surface area contributed by atoms with E-state index >= 15 is 0 Å². The van der Waals surface area contributed by atoms with E-state index in [0.29, 0.717) is 17.1 Å². The van der Waals surface area contributed by atoms with Gasteiger partial charge in [0.15, 0.2) is 5.65 Å². The smallest absolute Gasteiger partial charge is 0.163 e. The van der Waals surface area contributed by atoms with Crippen LogP contribution < -0.4 is 0 Å². The van der Waals surface area contributed by atoms with E-state index in [1.807, 2.05) is 24.6 Å². The highest BCUT2D eigenvalue weighted by atomic mass is 35.5. The molecule has 0 aliphatic carbocycles. The van der Waals surface area contributed by atoms with E-state index in [9.17, 15) is 4.39 Å². The van der Waals surface area contributed by atoms with Crippen LogP contribution in [0.15, 0.2) is 18.2 Å². The molecule has 0 radical (unpaired) electrons. The SMILES string of the molecule is Cc1ccc(-n2c(CCl)nc3c(C)nn(C)c32)cc1F. The summed E-state index contributed by atoms with van der Waals surface area (Å²) in [6, 6.07) is 5.10. The fraction of sp³-hybridized carbons (Fsp3) is 0.286. The molecule has 1 aromatic carbocycles. The molecule has 0 N–H and O–H groups in total. The van der Waals surface area contributed by atoms with Crippen molar-refractivity contribution in [1.29, 1.82) is 0 Å². The van der Waals surface area contributed by atoms with E-state index in [1.54, 1.807) is 17.7 Å². The van der Waals surface area contributed by atoms with Crippen LogP contribution in [0.5, 0.6) is 0 Å². The van der Waals surface area contributed by atoms with Gasteiger partial charge in [-0.05, 0) is 31.5 Å². The van der Waals surface area contributed by atoms with Gasteiger partial charge >= 0.3 is 0 Å². The van der Waals surface area contributed by atoms with Crippen molar-refractivity contribution >= 4 is 22.8 Å². The first-order valence-electron chi connectivity index (χ1n) is 6.26. The van der Waals surface area contributed by atoms with Crippen molar-refractivity contribution in [2.75, 3.05) is 0 Å². The average molecular weight is 293 g/mol. The van der Waals surface area contributed by atoms with E-state index < -0.39 is 0 Å². The predicted octanol–water partition coefficient (Wildman–Crippen LogP) is 3.25. The minimum absolute atomic E-state index is 0.247. The predicted molar refractivity (Wildman–Crippen MR) is 76.8 cm³/mol. The molecular formula is C14H14ClFN4. The number of halogens is 2. The van der Waals surface area contributed by atoms with Crippen LogP contribution in [-0.2, 0) is 12.9 Å². The fourth-order valence-electron chi connectivity index (χ4n) is 2.40. The number of nitrogens with zero attached hydrogens (tertiary/aromatic N) is 4. The van der Waals surface area contributed by atoms with Crippen LogP contribution in [0.4, 0.5) is 4.39 Å². The Hall–Kier alpha value is -1.88. The molecule has 2 heterocycles. The van der Waals surface area contributed by atoms with Gasteiger partial charge in [-0.3, -0.25) is 4.57 Å². The number of aromatic nitrogens is 4. The van der Waals surface area contributed by atoms with Crippen LogP contribution in [0, 0.1) is 19.7 Å². The second-order valence-corrected chi connectivity index (χ2v) is 5.08. The van der Waals surface area contributed by atoms with Crippen LogP contribution in [0.1, 0.15) is 17.1 Å². The van der Waals surface area contributed by atoms with Gasteiger partial charge in [-0.15, -0.1) is 11.6 Å². The highest BCUT2D eigenvalue weighted by Crippen LogP contribution is 2.25. The minimum atomic E-state index is -0.247. The van der Waals surface area contributed by atoms with Gasteiger partial charge in [0.1, 0.15) is 17.2 Å². The first kappa shape index (κ1) is 13.1. The summed E-state index contributed by atoms with van der Waals surface area (Å²) in [7, 11) is 1.84. The third-order valence-corrected chi connectivity index (χ3v) is 3.64. The van der Waals surface area contributed by atoms with Gasteiger partial charge in [0.05, 0.1) is 17.3 Å². The van der Waals surface area contributed by atoms with E-state index in [4.69, 9.17) is 11.6 Å². The van der Waals surface area contributed by atoms with Gasteiger partial charge in [-0.1, -0.05) is 6.07 Å². The molecule has 3 rings (SSSR count). The number of aryl methyl sites for hydroxylation is 3. The Morgan fingerprint density at radius 2 is 2.05 bits per heavy atom. The number of benzene rings is 1. The molecule has 0 aliphatic rings. The Morgan fingerprint density at radius 1 is 1.30 bits per heavy atom. The Morgan fingerprint density at radius 3 is 2.70 bits per heavy atom. The van der Waals surface area contributed by atoms with Gasteiger partial charge in [-0.2, -0.15) is 5.10 Å². The molecule has 4 nitrogen and oxygen atoms in total. The van der Waals surface area contributed by atoms with Crippen molar-refractivity contribution in [3.05, 3.63) is 41.1 Å². The maximum Gasteiger partial charge on any atom is 0.163 e. The summed E-state index contributed by atoms with van der Waals surface area (Å²) in [6.07, 6.45) is 0. The van der Waals surface area contributed by atoms with E-state index in [1.165, 1.54) is 6.07 Å². The lowest BCUT2D eigenvalue weighted by atomic mass is 10.2. The number of fused-ring (bicyclic) bond motifs is 1. The molecule has 0 spiro atoms. The summed E-state index contributed by atoms with van der Waals surface area (Å²) in [5.41, 5.74) is 3.76. The quantitative estimate of drug-likeness (QED) is 0.680. The van der Waals surface area contributed by atoms with Crippen molar-refractivity contribution in [3.8, 4) is 5.69 Å². The molecule has 0 amide bonds. The zero-order chi connectivity index (χ0) is 14.4. The topological polar surface area (TPSA) is 35.6 Å². The molecule has 0 saturated heterocycles. The summed E-state index contributed by atoms with van der Waals surface area (Å²) in [4.78, 5) is 4.51. The molecule has 0 atom stereocenters. The van der Waals surface area contributed by atoms with Crippen molar-refractivity contribution in [3.63, 3.8) is 0 Å². The summed E-state index contributed by atoms with van der Waals surface area (Å²) in [5, 5.41) is 4.35. The molecule has 0 fully saturated rings. The molecule has 3 aromatic rings. The third kappa shape index (κ3) is 1.81. The molecular weight excluding hydrogens is 279 g/mol. The lowest BCUT2D eigenvalue weighted by molar-refractivity contribution is 0.617. The third-order valence-electron chi connectivity index (χ3n) is 3.40. The van der Waals surface area contributed by atoms with Gasteiger partial charge in [0.25, 0.3) is 0 Å². The maximum atomic E-state index is 13.8. The number of imidazole rings is 1. The normalized spacial score (nSPS) is 11.4. The van der Waals surface area contributed by atoms with E-state index in [-0.39, 0.29) is 11.7 Å². The van der Waals surface area contributed by atoms with Gasteiger partial charge in [0.2, 0.25) is 0 Å². The zero-order valence-corrected chi connectivity index (χ0v) is 12.2. The van der Waals surface area contributed by atoms with Crippen molar-refractivity contribution in [2.45, 2.75) is 19.7 Å². The van der Waals surface area contributed by atoms with E-state index in [0.717, 1.165) is 16.9 Å². The van der Waals surface area contributed by atoms with Crippen molar-refractivity contribution < 1.29 is 4.39 Å². The summed E-state index contributed by atoms with van der Waals surface area (Å²) in [5.74, 6) is 0.689. The number of rotatable bonds is 2. The van der Waals surface area contributed by atoms with Gasteiger partial charge < -0.3 is 0 Å². The Bertz CT molecular complexity index is 803. The monoisotopic (exact) mass is 292 g/mol. The first-order valence-corrected chi connectivity index (χ1v) is 6.79. The summed E-state index contributed by atoms with van der Waals surface area (Å²) < 4.78 is 17.4. The lowest BCUT2D eigenvalue weighted by Gasteiger charge is -2.09. The molecule has 0 unspecified atom stereocenters. The lowest BCUT2D eigenvalue weighted by Crippen LogP contribution is -2.05. The largest absolute Gasteiger partial charge is 0.280 e. The molecule has 6 heteroatoms. The Labute approximate surface area is 120 Å². The van der Waals surface area contributed by atoms with Crippen LogP contribution in [0.2, 0.25) is 0 Å². The first-order chi connectivity index (χ1) is 9.52. The minimum Gasteiger partial charge on any atom is -0.280 e. The zero-order valence-electron chi connectivity index (χ0n) is 11.5. The molecule has 2 aromatic heterocycles. The number of hydrogen-bond donors (Lipinski definition) is 0. The highest BCUT2D eigenvalue weighted by molar-refractivity contribution is 6.17. The molecule has 20 heavy (non-hydrogen) atoms. The van der Waals surface area contributed by atoms with E-state index in [2.05, 4.69) is 10.1 Å². The molecule has 0 bridgehead atoms. The Kier molecular flexibility index (Phi) is 3.01. The van der Waals surface area contributed by atoms with Crippen molar-refractivity contribution in [1.82, 2.24) is 19.3 Å².